The highest BCUT2D eigenvalue weighted by Crippen LogP contribution is 2.34. The molecule has 0 aromatic heterocycles. The standard InChI is InChI=1S/C11H9F4N/c12-8-3-1-7(2-4-8)9-5-6-10(16-9)11(13,14)15/h1-4,9H,5-6H2. The highest BCUT2D eigenvalue weighted by atomic mass is 19.4. The fraction of sp³-hybridized carbons (Fsp3) is 0.364. The Morgan fingerprint density at radius 3 is 2.25 bits per heavy atom. The molecular weight excluding hydrogens is 222 g/mol. The van der Waals surface area contributed by atoms with Crippen molar-refractivity contribution in [2.45, 2.75) is 25.1 Å². The van der Waals surface area contributed by atoms with E-state index in [9.17, 15) is 17.6 Å². The topological polar surface area (TPSA) is 12.4 Å². The van der Waals surface area contributed by atoms with Gasteiger partial charge in [-0.3, -0.25) is 4.99 Å². The molecule has 1 heterocycles. The van der Waals surface area contributed by atoms with Crippen molar-refractivity contribution in [3.63, 3.8) is 0 Å². The first-order valence-electron chi connectivity index (χ1n) is 4.86. The van der Waals surface area contributed by atoms with Gasteiger partial charge in [-0.1, -0.05) is 12.1 Å². The SMILES string of the molecule is Fc1ccc(C2CCC(C(F)(F)F)=N2)cc1. The molecule has 0 bridgehead atoms. The quantitative estimate of drug-likeness (QED) is 0.654. The van der Waals surface area contributed by atoms with E-state index >= 15 is 0 Å². The number of alkyl halides is 3. The van der Waals surface area contributed by atoms with E-state index in [0.717, 1.165) is 0 Å². The molecule has 0 aliphatic carbocycles. The van der Waals surface area contributed by atoms with Gasteiger partial charge in [-0.25, -0.2) is 4.39 Å². The predicted molar refractivity (Wildman–Crippen MR) is 51.9 cm³/mol. The van der Waals surface area contributed by atoms with Crippen LogP contribution in [-0.4, -0.2) is 11.9 Å². The van der Waals surface area contributed by atoms with E-state index in [-0.39, 0.29) is 6.42 Å². The molecule has 16 heavy (non-hydrogen) atoms. The second kappa shape index (κ2) is 3.88. The van der Waals surface area contributed by atoms with Crippen LogP contribution >= 0.6 is 0 Å². The minimum atomic E-state index is -4.34. The van der Waals surface area contributed by atoms with Crippen molar-refractivity contribution in [1.29, 1.82) is 0 Å². The number of rotatable bonds is 1. The Labute approximate surface area is 89.8 Å². The molecule has 1 atom stereocenters. The summed E-state index contributed by atoms with van der Waals surface area (Å²) in [5, 5.41) is 0. The van der Waals surface area contributed by atoms with Gasteiger partial charge < -0.3 is 0 Å². The first kappa shape index (κ1) is 11.1. The lowest BCUT2D eigenvalue weighted by Crippen LogP contribution is -2.20. The van der Waals surface area contributed by atoms with Crippen LogP contribution in [0.15, 0.2) is 29.3 Å². The zero-order valence-electron chi connectivity index (χ0n) is 8.26. The lowest BCUT2D eigenvalue weighted by atomic mass is 10.0. The summed E-state index contributed by atoms with van der Waals surface area (Å²) in [6.45, 7) is 0. The first-order valence-corrected chi connectivity index (χ1v) is 4.86. The monoisotopic (exact) mass is 231 g/mol. The molecule has 0 spiro atoms. The fourth-order valence-corrected chi connectivity index (χ4v) is 1.73. The third-order valence-electron chi connectivity index (χ3n) is 2.55. The molecule has 0 saturated heterocycles. The second-order valence-corrected chi connectivity index (χ2v) is 3.68. The summed E-state index contributed by atoms with van der Waals surface area (Å²) in [7, 11) is 0. The molecule has 86 valence electrons. The van der Waals surface area contributed by atoms with Crippen LogP contribution in [0.1, 0.15) is 24.4 Å². The van der Waals surface area contributed by atoms with Crippen LogP contribution in [0.4, 0.5) is 17.6 Å². The van der Waals surface area contributed by atoms with Crippen molar-refractivity contribution in [2.75, 3.05) is 0 Å². The highest BCUT2D eigenvalue weighted by molar-refractivity contribution is 5.91. The van der Waals surface area contributed by atoms with Crippen LogP contribution in [0.25, 0.3) is 0 Å². The lowest BCUT2D eigenvalue weighted by molar-refractivity contribution is -0.0599. The van der Waals surface area contributed by atoms with Crippen LogP contribution in [0.3, 0.4) is 0 Å². The first-order chi connectivity index (χ1) is 7.47. The Bertz CT molecular complexity index is 405. The molecule has 1 aliphatic rings. The van der Waals surface area contributed by atoms with Gasteiger partial charge in [0.1, 0.15) is 11.5 Å². The van der Waals surface area contributed by atoms with Crippen molar-refractivity contribution in [3.05, 3.63) is 35.6 Å². The average molecular weight is 231 g/mol. The number of hydrogen-bond donors (Lipinski definition) is 0. The van der Waals surface area contributed by atoms with Crippen LogP contribution in [0.5, 0.6) is 0 Å². The van der Waals surface area contributed by atoms with Gasteiger partial charge >= 0.3 is 6.18 Å². The molecule has 0 radical (unpaired) electrons. The molecule has 2 rings (SSSR count). The Morgan fingerprint density at radius 1 is 1.12 bits per heavy atom. The van der Waals surface area contributed by atoms with Crippen LogP contribution in [-0.2, 0) is 0 Å². The van der Waals surface area contributed by atoms with Gasteiger partial charge in [0.2, 0.25) is 0 Å². The van der Waals surface area contributed by atoms with Crippen molar-refractivity contribution < 1.29 is 17.6 Å². The van der Waals surface area contributed by atoms with E-state index in [0.29, 0.717) is 12.0 Å². The summed E-state index contributed by atoms with van der Waals surface area (Å²) in [5.74, 6) is -0.401. The van der Waals surface area contributed by atoms with Gasteiger partial charge in [-0.2, -0.15) is 13.2 Å². The predicted octanol–water partition coefficient (Wildman–Crippen LogP) is 3.66. The minimum Gasteiger partial charge on any atom is -0.277 e. The maximum Gasteiger partial charge on any atom is 0.429 e. The average Bonchev–Trinajstić information content (AvgIpc) is 2.67. The molecule has 1 unspecified atom stereocenters. The fourth-order valence-electron chi connectivity index (χ4n) is 1.73. The summed E-state index contributed by atoms with van der Waals surface area (Å²) < 4.78 is 49.6. The summed E-state index contributed by atoms with van der Waals surface area (Å²) in [5.41, 5.74) is -0.0949. The van der Waals surface area contributed by atoms with Crippen molar-refractivity contribution in [3.8, 4) is 0 Å². The third kappa shape index (κ3) is 2.23. The van der Waals surface area contributed by atoms with E-state index in [2.05, 4.69) is 4.99 Å². The number of hydrogen-bond acceptors (Lipinski definition) is 1. The second-order valence-electron chi connectivity index (χ2n) is 3.68. The maximum absolute atomic E-state index is 12.6. The zero-order valence-corrected chi connectivity index (χ0v) is 8.26. The normalized spacial score (nSPS) is 21.0. The van der Waals surface area contributed by atoms with Crippen molar-refractivity contribution in [2.24, 2.45) is 4.99 Å². The van der Waals surface area contributed by atoms with E-state index in [1.165, 1.54) is 24.3 Å². The highest BCUT2D eigenvalue weighted by Gasteiger charge is 2.39. The Balaban J connectivity index is 2.20. The van der Waals surface area contributed by atoms with Gasteiger partial charge in [0, 0.05) is 0 Å². The maximum atomic E-state index is 12.6. The summed E-state index contributed by atoms with van der Waals surface area (Å²) in [4.78, 5) is 3.63. The third-order valence-corrected chi connectivity index (χ3v) is 2.55. The van der Waals surface area contributed by atoms with Gasteiger partial charge in [0.25, 0.3) is 0 Å². The van der Waals surface area contributed by atoms with Gasteiger partial charge in [-0.15, -0.1) is 0 Å². The molecule has 1 aliphatic heterocycles. The number of halogens is 4. The minimum absolute atomic E-state index is 0.0639. The van der Waals surface area contributed by atoms with Gasteiger partial charge in [0.05, 0.1) is 6.04 Å². The molecule has 1 nitrogen and oxygen atoms in total. The number of aliphatic imine (C=N–C) groups is 1. The van der Waals surface area contributed by atoms with E-state index in [1.54, 1.807) is 0 Å². The zero-order chi connectivity index (χ0) is 11.8. The molecular formula is C11H9F4N. The van der Waals surface area contributed by atoms with Crippen LogP contribution in [0, 0.1) is 5.82 Å². The smallest absolute Gasteiger partial charge is 0.277 e. The lowest BCUT2D eigenvalue weighted by Gasteiger charge is -2.06. The van der Waals surface area contributed by atoms with Gasteiger partial charge in [-0.05, 0) is 30.5 Å². The molecule has 0 saturated carbocycles. The molecule has 5 heteroatoms. The molecule has 0 N–H and O–H groups in total. The Kier molecular flexibility index (Phi) is 2.69. The van der Waals surface area contributed by atoms with Gasteiger partial charge in [0.15, 0.2) is 0 Å². The molecule has 0 fully saturated rings. The largest absolute Gasteiger partial charge is 0.429 e. The van der Waals surface area contributed by atoms with E-state index in [1.807, 2.05) is 0 Å². The molecule has 1 aromatic carbocycles. The van der Waals surface area contributed by atoms with Crippen LogP contribution in [0.2, 0.25) is 0 Å². The summed E-state index contributed by atoms with van der Waals surface area (Å²) in [6, 6.07) is 4.93. The summed E-state index contributed by atoms with van der Waals surface area (Å²) in [6.07, 6.45) is -4.07. The van der Waals surface area contributed by atoms with E-state index in [4.69, 9.17) is 0 Å². The number of nitrogens with zero attached hydrogens (tertiary/aromatic N) is 1. The number of benzene rings is 1. The molecule has 1 aromatic rings. The van der Waals surface area contributed by atoms with E-state index < -0.39 is 23.7 Å². The van der Waals surface area contributed by atoms with Crippen molar-refractivity contribution in [1.82, 2.24) is 0 Å². The summed E-state index contributed by atoms with van der Waals surface area (Å²) >= 11 is 0. The van der Waals surface area contributed by atoms with Crippen LogP contribution < -0.4 is 0 Å². The van der Waals surface area contributed by atoms with Crippen molar-refractivity contribution >= 4 is 5.71 Å². The Morgan fingerprint density at radius 2 is 1.75 bits per heavy atom. The Hall–Kier alpha value is -1.39. The molecule has 0 amide bonds.